The fourth-order valence-corrected chi connectivity index (χ4v) is 3.42. The summed E-state index contributed by atoms with van der Waals surface area (Å²) in [5.41, 5.74) is 1.10. The number of ether oxygens (including phenoxy) is 2. The Balaban J connectivity index is 1.30. The molecule has 0 amide bonds. The molecule has 0 bridgehead atoms. The van der Waals surface area contributed by atoms with Gasteiger partial charge in [-0.1, -0.05) is 12.1 Å². The largest absolute Gasteiger partial charge is 0.486 e. The average molecular weight is 339 g/mol. The molecule has 1 atom stereocenters. The summed E-state index contributed by atoms with van der Waals surface area (Å²) < 4.78 is 11.7. The van der Waals surface area contributed by atoms with E-state index in [1.807, 2.05) is 42.6 Å². The Kier molecular flexibility index (Phi) is 4.40. The fourth-order valence-electron chi connectivity index (χ4n) is 2.54. The van der Waals surface area contributed by atoms with Crippen LogP contribution in [0.2, 0.25) is 0 Å². The minimum atomic E-state index is 0.0208. The van der Waals surface area contributed by atoms with E-state index in [0.29, 0.717) is 6.61 Å². The molecule has 0 fully saturated rings. The highest BCUT2D eigenvalue weighted by Crippen LogP contribution is 2.30. The number of hydrogen-bond acceptors (Lipinski definition) is 6. The standard InChI is InChI=1S/C18H17N3O2S/c1-2-4-17-16(3-1)22-12-14(23-17)9-20-10-15-11-21-18(24-15)13-5-7-19-8-6-13/h1-8,11,14,20H,9-10,12H2/t14-/m0/s1. The topological polar surface area (TPSA) is 56.3 Å². The van der Waals surface area contributed by atoms with Crippen LogP contribution in [0.1, 0.15) is 4.88 Å². The van der Waals surface area contributed by atoms with E-state index in [4.69, 9.17) is 9.47 Å². The number of rotatable bonds is 5. The summed E-state index contributed by atoms with van der Waals surface area (Å²) in [7, 11) is 0. The molecule has 5 nitrogen and oxygen atoms in total. The zero-order chi connectivity index (χ0) is 16.2. The third-order valence-corrected chi connectivity index (χ3v) is 4.77. The highest BCUT2D eigenvalue weighted by molar-refractivity contribution is 7.15. The van der Waals surface area contributed by atoms with Crippen LogP contribution in [0.4, 0.5) is 0 Å². The van der Waals surface area contributed by atoms with Crippen molar-refractivity contribution in [2.75, 3.05) is 13.2 Å². The van der Waals surface area contributed by atoms with E-state index in [9.17, 15) is 0 Å². The molecule has 1 N–H and O–H groups in total. The average Bonchev–Trinajstić information content (AvgIpc) is 3.11. The molecular formula is C18H17N3O2S. The summed E-state index contributed by atoms with van der Waals surface area (Å²) in [5.74, 6) is 1.63. The Morgan fingerprint density at radius 3 is 2.83 bits per heavy atom. The first-order chi connectivity index (χ1) is 11.9. The molecule has 2 aromatic heterocycles. The van der Waals surface area contributed by atoms with E-state index in [2.05, 4.69) is 15.3 Å². The number of hydrogen-bond donors (Lipinski definition) is 1. The third kappa shape index (κ3) is 3.39. The van der Waals surface area contributed by atoms with Crippen LogP contribution in [0.25, 0.3) is 10.6 Å². The lowest BCUT2D eigenvalue weighted by Crippen LogP contribution is -2.38. The monoisotopic (exact) mass is 339 g/mol. The van der Waals surface area contributed by atoms with Crippen molar-refractivity contribution in [3.63, 3.8) is 0 Å². The molecule has 122 valence electrons. The van der Waals surface area contributed by atoms with Crippen LogP contribution in [0.3, 0.4) is 0 Å². The second kappa shape index (κ2) is 6.98. The normalized spacial score (nSPS) is 16.1. The lowest BCUT2D eigenvalue weighted by atomic mass is 10.2. The fraction of sp³-hybridized carbons (Fsp3) is 0.222. The van der Waals surface area contributed by atoms with Crippen LogP contribution in [0, 0.1) is 0 Å². The van der Waals surface area contributed by atoms with Crippen LogP contribution in [-0.4, -0.2) is 29.2 Å². The van der Waals surface area contributed by atoms with Crippen LogP contribution < -0.4 is 14.8 Å². The van der Waals surface area contributed by atoms with Crippen molar-refractivity contribution >= 4 is 11.3 Å². The first kappa shape index (κ1) is 15.1. The van der Waals surface area contributed by atoms with E-state index in [1.54, 1.807) is 23.7 Å². The lowest BCUT2D eigenvalue weighted by molar-refractivity contribution is 0.0903. The molecule has 0 saturated heterocycles. The van der Waals surface area contributed by atoms with E-state index in [-0.39, 0.29) is 6.10 Å². The second-order valence-corrected chi connectivity index (χ2v) is 6.61. The summed E-state index contributed by atoms with van der Waals surface area (Å²) in [6.45, 7) is 2.07. The van der Waals surface area contributed by atoms with Gasteiger partial charge in [-0.05, 0) is 24.3 Å². The third-order valence-electron chi connectivity index (χ3n) is 3.72. The summed E-state index contributed by atoms with van der Waals surface area (Å²) in [5, 5.41) is 4.43. The highest BCUT2D eigenvalue weighted by atomic mass is 32.1. The van der Waals surface area contributed by atoms with Gasteiger partial charge < -0.3 is 14.8 Å². The molecular weight excluding hydrogens is 322 g/mol. The number of thiazole rings is 1. The Morgan fingerprint density at radius 2 is 1.96 bits per heavy atom. The number of nitrogens with one attached hydrogen (secondary N) is 1. The van der Waals surface area contributed by atoms with Crippen LogP contribution in [0.15, 0.2) is 55.0 Å². The number of pyridine rings is 1. The van der Waals surface area contributed by atoms with Gasteiger partial charge >= 0.3 is 0 Å². The van der Waals surface area contributed by atoms with Crippen LogP contribution >= 0.6 is 11.3 Å². The Labute approximate surface area is 144 Å². The zero-order valence-corrected chi connectivity index (χ0v) is 13.8. The molecule has 0 saturated carbocycles. The van der Waals surface area contributed by atoms with Crippen molar-refractivity contribution in [3.8, 4) is 22.1 Å². The SMILES string of the molecule is c1ccc2c(c1)OC[C@H](CNCc1cnc(-c3ccncc3)s1)O2. The van der Waals surface area contributed by atoms with Crippen molar-refractivity contribution in [1.29, 1.82) is 0 Å². The molecule has 0 radical (unpaired) electrons. The Morgan fingerprint density at radius 1 is 1.12 bits per heavy atom. The molecule has 4 rings (SSSR count). The summed E-state index contributed by atoms with van der Waals surface area (Å²) in [4.78, 5) is 9.70. The van der Waals surface area contributed by atoms with E-state index in [1.165, 1.54) is 4.88 Å². The quantitative estimate of drug-likeness (QED) is 0.774. The highest BCUT2D eigenvalue weighted by Gasteiger charge is 2.20. The van der Waals surface area contributed by atoms with E-state index >= 15 is 0 Å². The number of benzene rings is 1. The molecule has 0 spiro atoms. The molecule has 6 heteroatoms. The molecule has 1 aliphatic rings. The number of fused-ring (bicyclic) bond motifs is 1. The Hall–Kier alpha value is -2.44. The summed E-state index contributed by atoms with van der Waals surface area (Å²) in [6.07, 6.45) is 5.51. The minimum Gasteiger partial charge on any atom is -0.486 e. The van der Waals surface area contributed by atoms with E-state index in [0.717, 1.165) is 35.2 Å². The molecule has 3 aromatic rings. The van der Waals surface area contributed by atoms with Gasteiger partial charge in [-0.3, -0.25) is 4.98 Å². The van der Waals surface area contributed by atoms with Gasteiger partial charge in [-0.2, -0.15) is 0 Å². The number of nitrogens with zero attached hydrogens (tertiary/aromatic N) is 2. The van der Waals surface area contributed by atoms with Gasteiger partial charge in [0.25, 0.3) is 0 Å². The van der Waals surface area contributed by atoms with Crippen molar-refractivity contribution in [2.45, 2.75) is 12.6 Å². The predicted molar refractivity (Wildman–Crippen MR) is 93.4 cm³/mol. The van der Waals surface area contributed by atoms with E-state index < -0.39 is 0 Å². The van der Waals surface area contributed by atoms with Gasteiger partial charge in [0.05, 0.1) is 0 Å². The number of aromatic nitrogens is 2. The van der Waals surface area contributed by atoms with Gasteiger partial charge in [0, 0.05) is 42.1 Å². The number of para-hydroxylation sites is 2. The van der Waals surface area contributed by atoms with Gasteiger partial charge in [0.15, 0.2) is 11.5 Å². The van der Waals surface area contributed by atoms with Gasteiger partial charge in [-0.25, -0.2) is 4.98 Å². The minimum absolute atomic E-state index is 0.0208. The maximum Gasteiger partial charge on any atom is 0.161 e. The lowest BCUT2D eigenvalue weighted by Gasteiger charge is -2.26. The smallest absolute Gasteiger partial charge is 0.161 e. The van der Waals surface area contributed by atoms with Gasteiger partial charge in [0.2, 0.25) is 0 Å². The Bertz CT molecular complexity index is 807. The first-order valence-corrected chi connectivity index (χ1v) is 8.64. The van der Waals surface area contributed by atoms with Gasteiger partial charge in [-0.15, -0.1) is 11.3 Å². The zero-order valence-electron chi connectivity index (χ0n) is 13.0. The first-order valence-electron chi connectivity index (χ1n) is 7.83. The molecule has 1 aromatic carbocycles. The predicted octanol–water partition coefficient (Wildman–Crippen LogP) is 3.13. The maximum atomic E-state index is 5.94. The maximum absolute atomic E-state index is 5.94. The van der Waals surface area contributed by atoms with Crippen molar-refractivity contribution in [3.05, 3.63) is 59.9 Å². The summed E-state index contributed by atoms with van der Waals surface area (Å²) in [6, 6.07) is 11.7. The van der Waals surface area contributed by atoms with Crippen molar-refractivity contribution in [1.82, 2.24) is 15.3 Å². The molecule has 0 aliphatic carbocycles. The van der Waals surface area contributed by atoms with Crippen LogP contribution in [0.5, 0.6) is 11.5 Å². The van der Waals surface area contributed by atoms with Gasteiger partial charge in [0.1, 0.15) is 17.7 Å². The summed E-state index contributed by atoms with van der Waals surface area (Å²) >= 11 is 1.69. The second-order valence-electron chi connectivity index (χ2n) is 5.50. The molecule has 0 unspecified atom stereocenters. The molecule has 24 heavy (non-hydrogen) atoms. The van der Waals surface area contributed by atoms with Crippen molar-refractivity contribution < 1.29 is 9.47 Å². The van der Waals surface area contributed by atoms with Crippen molar-refractivity contribution in [2.24, 2.45) is 0 Å². The van der Waals surface area contributed by atoms with Crippen LogP contribution in [-0.2, 0) is 6.54 Å². The molecule has 1 aliphatic heterocycles. The molecule has 3 heterocycles.